The van der Waals surface area contributed by atoms with Gasteiger partial charge in [-0.25, -0.2) is 0 Å². The van der Waals surface area contributed by atoms with Crippen LogP contribution in [0.3, 0.4) is 0 Å². The Hall–Kier alpha value is -0.900. The Labute approximate surface area is 122 Å². The summed E-state index contributed by atoms with van der Waals surface area (Å²) in [6.45, 7) is 9.03. The van der Waals surface area contributed by atoms with Gasteiger partial charge in [-0.05, 0) is 44.4 Å². The average Bonchev–Trinajstić information content (AvgIpc) is 2.90. The Balaban J connectivity index is 1.98. The van der Waals surface area contributed by atoms with Crippen molar-refractivity contribution in [3.63, 3.8) is 0 Å². The summed E-state index contributed by atoms with van der Waals surface area (Å²) >= 11 is 0. The molecule has 1 saturated heterocycles. The minimum Gasteiger partial charge on any atom is -0.450 e. The van der Waals surface area contributed by atoms with Gasteiger partial charge >= 0.3 is 5.97 Å². The molecule has 0 aromatic carbocycles. The molecule has 112 valence electrons. The van der Waals surface area contributed by atoms with Gasteiger partial charge in [0.15, 0.2) is 0 Å². The van der Waals surface area contributed by atoms with Crippen LogP contribution in [0.5, 0.6) is 0 Å². The largest absolute Gasteiger partial charge is 0.450 e. The van der Waals surface area contributed by atoms with E-state index in [4.69, 9.17) is 4.74 Å². The maximum atomic E-state index is 11.5. The standard InChI is InChI=1S/C14H23N2O3P/c1-7-8(2)10(4)16-13(9(7)3)18-11-5-12(15-6-11)14(17)19-20/h11-13,15-16H,5-6,20H2,1-4H3. The molecule has 0 amide bonds. The Morgan fingerprint density at radius 1 is 1.25 bits per heavy atom. The lowest BCUT2D eigenvalue weighted by Crippen LogP contribution is -2.39. The van der Waals surface area contributed by atoms with Crippen molar-refractivity contribution in [1.82, 2.24) is 10.6 Å². The summed E-state index contributed by atoms with van der Waals surface area (Å²) in [6.07, 6.45) is 0.534. The molecule has 2 heterocycles. The normalized spacial score (nSPS) is 30.6. The van der Waals surface area contributed by atoms with E-state index >= 15 is 0 Å². The van der Waals surface area contributed by atoms with Gasteiger partial charge in [0, 0.05) is 18.7 Å². The summed E-state index contributed by atoms with van der Waals surface area (Å²) in [5.41, 5.74) is 4.89. The summed E-state index contributed by atoms with van der Waals surface area (Å²) in [6, 6.07) is -0.273. The maximum Gasteiger partial charge on any atom is 0.325 e. The van der Waals surface area contributed by atoms with Crippen LogP contribution in [0.2, 0.25) is 0 Å². The molecule has 5 nitrogen and oxygen atoms in total. The third kappa shape index (κ3) is 3.05. The highest BCUT2D eigenvalue weighted by atomic mass is 31.0. The maximum absolute atomic E-state index is 11.5. The van der Waals surface area contributed by atoms with Crippen molar-refractivity contribution in [2.24, 2.45) is 0 Å². The van der Waals surface area contributed by atoms with Crippen molar-refractivity contribution < 1.29 is 14.1 Å². The third-order valence-electron chi connectivity index (χ3n) is 4.28. The van der Waals surface area contributed by atoms with Gasteiger partial charge in [-0.2, -0.15) is 0 Å². The minimum atomic E-state index is -0.273. The van der Waals surface area contributed by atoms with E-state index < -0.39 is 0 Å². The van der Waals surface area contributed by atoms with Crippen LogP contribution in [0.25, 0.3) is 0 Å². The number of nitrogens with one attached hydrogen (secondary N) is 2. The van der Waals surface area contributed by atoms with Crippen LogP contribution in [0.1, 0.15) is 34.1 Å². The molecule has 0 aromatic rings. The number of carbonyl (C=O) groups excluding carboxylic acids is 1. The third-order valence-corrected chi connectivity index (χ3v) is 4.51. The van der Waals surface area contributed by atoms with Crippen molar-refractivity contribution >= 4 is 15.4 Å². The Kier molecular flexibility index (Phi) is 4.84. The summed E-state index contributed by atoms with van der Waals surface area (Å²) < 4.78 is 10.8. The highest BCUT2D eigenvalue weighted by molar-refractivity contribution is 7.10. The van der Waals surface area contributed by atoms with E-state index in [1.807, 2.05) is 9.47 Å². The minimum absolute atomic E-state index is 0.00977. The van der Waals surface area contributed by atoms with E-state index in [0.717, 1.165) is 5.70 Å². The fraction of sp³-hybridized carbons (Fsp3) is 0.643. The molecule has 0 radical (unpaired) electrons. The number of allylic oxidation sites excluding steroid dienone is 3. The van der Waals surface area contributed by atoms with Gasteiger partial charge in [0.2, 0.25) is 0 Å². The highest BCUT2D eigenvalue weighted by Gasteiger charge is 2.33. The highest BCUT2D eigenvalue weighted by Crippen LogP contribution is 2.26. The second-order valence-electron chi connectivity index (χ2n) is 5.47. The Bertz CT molecular complexity index is 473. The van der Waals surface area contributed by atoms with E-state index in [1.165, 1.54) is 16.7 Å². The van der Waals surface area contributed by atoms with Crippen LogP contribution in [0.4, 0.5) is 0 Å². The first-order chi connectivity index (χ1) is 9.43. The molecule has 6 heteroatoms. The van der Waals surface area contributed by atoms with Gasteiger partial charge < -0.3 is 19.9 Å². The van der Waals surface area contributed by atoms with Crippen molar-refractivity contribution in [2.45, 2.75) is 52.5 Å². The Morgan fingerprint density at radius 3 is 2.60 bits per heavy atom. The SMILES string of the molecule is CC1=C(C)C(C)=C(C)C(OC2CNC(C(=O)OP)C2)N1. The molecule has 0 bridgehead atoms. The molecule has 2 rings (SSSR count). The molecule has 0 spiro atoms. The molecule has 20 heavy (non-hydrogen) atoms. The number of ether oxygens (including phenoxy) is 1. The van der Waals surface area contributed by atoms with Crippen LogP contribution >= 0.6 is 9.47 Å². The van der Waals surface area contributed by atoms with Gasteiger partial charge in [0.1, 0.15) is 12.3 Å². The van der Waals surface area contributed by atoms with Crippen LogP contribution in [-0.2, 0) is 14.1 Å². The van der Waals surface area contributed by atoms with E-state index in [-0.39, 0.29) is 24.3 Å². The molecule has 4 atom stereocenters. The molecule has 2 aliphatic heterocycles. The number of rotatable bonds is 3. The lowest BCUT2D eigenvalue weighted by atomic mass is 9.97. The zero-order chi connectivity index (χ0) is 14.9. The molecule has 0 aliphatic carbocycles. The first-order valence-electron chi connectivity index (χ1n) is 6.85. The first kappa shape index (κ1) is 15.5. The lowest BCUT2D eigenvalue weighted by molar-refractivity contribution is -0.135. The van der Waals surface area contributed by atoms with Crippen molar-refractivity contribution in [3.8, 4) is 0 Å². The molecular weight excluding hydrogens is 275 g/mol. The molecular formula is C14H23N2O3P. The summed E-state index contributed by atoms with van der Waals surface area (Å²) in [5, 5.41) is 6.51. The fourth-order valence-corrected chi connectivity index (χ4v) is 2.75. The molecule has 1 fully saturated rings. The van der Waals surface area contributed by atoms with E-state index in [2.05, 4.69) is 42.9 Å². The Morgan fingerprint density at radius 2 is 1.95 bits per heavy atom. The topological polar surface area (TPSA) is 59.6 Å². The zero-order valence-corrected chi connectivity index (χ0v) is 13.6. The smallest absolute Gasteiger partial charge is 0.325 e. The predicted octanol–water partition coefficient (Wildman–Crippen LogP) is 1.63. The van der Waals surface area contributed by atoms with Crippen LogP contribution in [-0.4, -0.2) is 30.9 Å². The van der Waals surface area contributed by atoms with Crippen molar-refractivity contribution in [2.75, 3.05) is 6.54 Å². The van der Waals surface area contributed by atoms with Gasteiger partial charge in [-0.1, -0.05) is 0 Å². The monoisotopic (exact) mass is 298 g/mol. The van der Waals surface area contributed by atoms with Gasteiger partial charge in [0.25, 0.3) is 0 Å². The zero-order valence-electron chi connectivity index (χ0n) is 12.4. The van der Waals surface area contributed by atoms with Crippen molar-refractivity contribution in [1.29, 1.82) is 0 Å². The predicted molar refractivity (Wildman–Crippen MR) is 80.8 cm³/mol. The van der Waals surface area contributed by atoms with Gasteiger partial charge in [-0.15, -0.1) is 0 Å². The van der Waals surface area contributed by atoms with E-state index in [0.29, 0.717) is 13.0 Å². The van der Waals surface area contributed by atoms with Crippen molar-refractivity contribution in [3.05, 3.63) is 22.4 Å². The van der Waals surface area contributed by atoms with Crippen LogP contribution in [0, 0.1) is 0 Å². The number of hydrogen-bond donors (Lipinski definition) is 2. The molecule has 2 aliphatic rings. The summed E-state index contributed by atoms with van der Waals surface area (Å²) in [4.78, 5) is 11.5. The molecule has 4 unspecified atom stereocenters. The number of carbonyl (C=O) groups is 1. The first-order valence-corrected chi connectivity index (χ1v) is 7.32. The van der Waals surface area contributed by atoms with E-state index in [9.17, 15) is 4.79 Å². The van der Waals surface area contributed by atoms with Crippen LogP contribution < -0.4 is 10.6 Å². The van der Waals surface area contributed by atoms with Gasteiger partial charge in [0.05, 0.1) is 15.6 Å². The molecule has 2 N–H and O–H groups in total. The summed E-state index contributed by atoms with van der Waals surface area (Å²) in [7, 11) is 1.99. The second-order valence-corrected chi connectivity index (χ2v) is 5.71. The van der Waals surface area contributed by atoms with E-state index in [1.54, 1.807) is 0 Å². The van der Waals surface area contributed by atoms with Gasteiger partial charge in [-0.3, -0.25) is 4.79 Å². The second kappa shape index (κ2) is 6.25. The average molecular weight is 298 g/mol. The fourth-order valence-electron chi connectivity index (χ4n) is 2.58. The number of hydrogen-bond acceptors (Lipinski definition) is 5. The lowest BCUT2D eigenvalue weighted by Gasteiger charge is -2.31. The quantitative estimate of drug-likeness (QED) is 0.776. The number of dihydropyridines is 1. The molecule has 0 saturated carbocycles. The van der Waals surface area contributed by atoms with Crippen LogP contribution in [0.15, 0.2) is 22.4 Å². The summed E-state index contributed by atoms with van der Waals surface area (Å²) in [5.74, 6) is -0.256. The molecule has 0 aromatic heterocycles.